The Labute approximate surface area is 135 Å². The second-order valence-corrected chi connectivity index (χ2v) is 4.75. The third kappa shape index (κ3) is 4.21. The maximum Gasteiger partial charge on any atom is 0.271 e. The standard InChI is InChI=1S/C8H9NO5S.K/c1-6(15(12,13)14)7-3-2-4-8(5-7)9(10)11;/h2-6H,1H3,(H,12,13,14);. The van der Waals surface area contributed by atoms with Crippen molar-refractivity contribution in [3.8, 4) is 0 Å². The van der Waals surface area contributed by atoms with E-state index in [1.807, 2.05) is 0 Å². The average molecular weight is 270 g/mol. The Bertz CT molecular complexity index is 487. The molecular formula is C8H9KNO5S. The number of nitrogens with zero attached hydrogens (tertiary/aromatic N) is 1. The molecule has 1 atom stereocenters. The van der Waals surface area contributed by atoms with Gasteiger partial charge in [-0.2, -0.15) is 8.42 Å². The van der Waals surface area contributed by atoms with Gasteiger partial charge in [0.05, 0.1) is 4.92 Å². The van der Waals surface area contributed by atoms with Crippen molar-refractivity contribution in [2.24, 2.45) is 0 Å². The van der Waals surface area contributed by atoms with Crippen LogP contribution in [0.25, 0.3) is 0 Å². The van der Waals surface area contributed by atoms with Crippen molar-refractivity contribution < 1.29 is 17.9 Å². The number of hydrogen-bond acceptors (Lipinski definition) is 4. The Morgan fingerprint density at radius 2 is 2.00 bits per heavy atom. The summed E-state index contributed by atoms with van der Waals surface area (Å²) in [5.41, 5.74) is -0.0188. The number of rotatable bonds is 3. The second-order valence-electron chi connectivity index (χ2n) is 3.01. The van der Waals surface area contributed by atoms with Gasteiger partial charge in [-0.15, -0.1) is 0 Å². The Balaban J connectivity index is 0.00000225. The van der Waals surface area contributed by atoms with E-state index in [2.05, 4.69) is 0 Å². The van der Waals surface area contributed by atoms with Gasteiger partial charge >= 0.3 is 0 Å². The minimum Gasteiger partial charge on any atom is -0.285 e. The number of nitro groups is 1. The molecule has 83 valence electrons. The molecule has 0 aliphatic heterocycles. The van der Waals surface area contributed by atoms with Crippen molar-refractivity contribution in [2.45, 2.75) is 12.2 Å². The molecular weight excluding hydrogens is 261 g/mol. The summed E-state index contributed by atoms with van der Waals surface area (Å²) in [5.74, 6) is 0. The molecule has 1 aromatic rings. The molecule has 0 heterocycles. The molecule has 16 heavy (non-hydrogen) atoms. The first-order valence-electron chi connectivity index (χ1n) is 4.03. The minimum atomic E-state index is -4.22. The minimum absolute atomic E-state index is 0. The quantitative estimate of drug-likeness (QED) is 0.385. The van der Waals surface area contributed by atoms with E-state index in [-0.39, 0.29) is 62.6 Å². The summed E-state index contributed by atoms with van der Waals surface area (Å²) < 4.78 is 30.4. The van der Waals surface area contributed by atoms with Crippen molar-refractivity contribution in [3.63, 3.8) is 0 Å². The maximum atomic E-state index is 10.8. The third-order valence-corrected chi connectivity index (χ3v) is 3.16. The van der Waals surface area contributed by atoms with Gasteiger partial charge in [0.25, 0.3) is 15.8 Å². The topological polar surface area (TPSA) is 97.5 Å². The van der Waals surface area contributed by atoms with Gasteiger partial charge in [0.2, 0.25) is 0 Å². The summed E-state index contributed by atoms with van der Waals surface area (Å²) >= 11 is 0. The summed E-state index contributed by atoms with van der Waals surface area (Å²) in [6.07, 6.45) is 0. The molecule has 0 spiro atoms. The van der Waals surface area contributed by atoms with Gasteiger partial charge in [-0.1, -0.05) is 12.1 Å². The first-order valence-corrected chi connectivity index (χ1v) is 5.53. The fourth-order valence-electron chi connectivity index (χ4n) is 1.06. The smallest absolute Gasteiger partial charge is 0.271 e. The predicted octanol–water partition coefficient (Wildman–Crippen LogP) is 1.16. The van der Waals surface area contributed by atoms with Gasteiger partial charge in [-0.3, -0.25) is 14.7 Å². The SMILES string of the molecule is CC(c1cccc([N+](=O)[O-])c1)S(=O)(=O)O.[K]. The van der Waals surface area contributed by atoms with Crippen LogP contribution in [0.3, 0.4) is 0 Å². The zero-order valence-corrected chi connectivity index (χ0v) is 12.8. The van der Waals surface area contributed by atoms with E-state index in [9.17, 15) is 18.5 Å². The Morgan fingerprint density at radius 1 is 1.44 bits per heavy atom. The summed E-state index contributed by atoms with van der Waals surface area (Å²) in [6.45, 7) is 1.26. The molecule has 0 bridgehead atoms. The molecule has 0 saturated carbocycles. The molecule has 0 fully saturated rings. The Kier molecular flexibility index (Phi) is 6.26. The normalized spacial score (nSPS) is 12.6. The maximum absolute atomic E-state index is 10.8. The summed E-state index contributed by atoms with van der Waals surface area (Å²) in [5, 5.41) is 9.25. The van der Waals surface area contributed by atoms with Crippen LogP contribution in [0.5, 0.6) is 0 Å². The molecule has 1 rings (SSSR count). The van der Waals surface area contributed by atoms with Crippen LogP contribution < -0.4 is 0 Å². The molecule has 0 saturated heterocycles. The van der Waals surface area contributed by atoms with Gasteiger partial charge in [-0.05, 0) is 12.5 Å². The van der Waals surface area contributed by atoms with Crippen molar-refractivity contribution >= 4 is 67.2 Å². The van der Waals surface area contributed by atoms with E-state index in [0.29, 0.717) is 0 Å². The van der Waals surface area contributed by atoms with Crippen LogP contribution in [-0.4, -0.2) is 69.3 Å². The van der Waals surface area contributed by atoms with E-state index in [4.69, 9.17) is 4.55 Å². The van der Waals surface area contributed by atoms with Gasteiger partial charge < -0.3 is 0 Å². The zero-order chi connectivity index (χ0) is 11.6. The largest absolute Gasteiger partial charge is 0.285 e. The number of hydrogen-bond donors (Lipinski definition) is 1. The molecule has 1 radical (unpaired) electrons. The summed E-state index contributed by atoms with van der Waals surface area (Å²) in [6, 6.07) is 5.15. The van der Waals surface area contributed by atoms with Crippen molar-refractivity contribution in [1.29, 1.82) is 0 Å². The van der Waals surface area contributed by atoms with Crippen molar-refractivity contribution in [2.75, 3.05) is 0 Å². The predicted molar refractivity (Wildman–Crippen MR) is 58.8 cm³/mol. The molecule has 8 heteroatoms. The van der Waals surface area contributed by atoms with E-state index in [0.717, 1.165) is 6.07 Å². The van der Waals surface area contributed by atoms with E-state index < -0.39 is 20.3 Å². The van der Waals surface area contributed by atoms with Crippen LogP contribution >= 0.6 is 0 Å². The second kappa shape index (κ2) is 6.19. The fraction of sp³-hybridized carbons (Fsp3) is 0.250. The van der Waals surface area contributed by atoms with Gasteiger partial charge in [0.1, 0.15) is 5.25 Å². The van der Waals surface area contributed by atoms with Crippen molar-refractivity contribution in [1.82, 2.24) is 0 Å². The first kappa shape index (κ1) is 16.2. The first-order chi connectivity index (χ1) is 6.82. The van der Waals surface area contributed by atoms with E-state index in [1.165, 1.54) is 25.1 Å². The van der Waals surface area contributed by atoms with Crippen LogP contribution in [0, 0.1) is 10.1 Å². The van der Waals surface area contributed by atoms with E-state index in [1.54, 1.807) is 0 Å². The molecule has 0 aromatic heterocycles. The molecule has 6 nitrogen and oxygen atoms in total. The van der Waals surface area contributed by atoms with Crippen LogP contribution in [0.15, 0.2) is 24.3 Å². The van der Waals surface area contributed by atoms with Crippen LogP contribution in [-0.2, 0) is 10.1 Å². The number of non-ortho nitro benzene ring substituents is 1. The van der Waals surface area contributed by atoms with Crippen LogP contribution in [0.4, 0.5) is 5.69 Å². The average Bonchev–Trinajstić information content (AvgIpc) is 2.15. The Hall–Kier alpha value is 0.166. The van der Waals surface area contributed by atoms with E-state index >= 15 is 0 Å². The third-order valence-electron chi connectivity index (χ3n) is 2.00. The molecule has 1 N–H and O–H groups in total. The number of benzene rings is 1. The van der Waals surface area contributed by atoms with Crippen LogP contribution in [0.1, 0.15) is 17.7 Å². The van der Waals surface area contributed by atoms with Gasteiger partial charge in [0, 0.05) is 63.5 Å². The molecule has 1 unspecified atom stereocenters. The Morgan fingerprint density at radius 3 is 2.44 bits per heavy atom. The molecule has 0 aliphatic rings. The molecule has 0 aliphatic carbocycles. The molecule has 1 aromatic carbocycles. The fourth-order valence-corrected chi connectivity index (χ4v) is 1.55. The number of nitro benzene ring substituents is 1. The molecule has 0 amide bonds. The summed E-state index contributed by atoms with van der Waals surface area (Å²) in [4.78, 5) is 9.79. The van der Waals surface area contributed by atoms with Gasteiger partial charge in [0.15, 0.2) is 0 Å². The monoisotopic (exact) mass is 270 g/mol. The van der Waals surface area contributed by atoms with Crippen LogP contribution in [0.2, 0.25) is 0 Å². The van der Waals surface area contributed by atoms with Crippen molar-refractivity contribution in [3.05, 3.63) is 39.9 Å². The summed E-state index contributed by atoms with van der Waals surface area (Å²) in [7, 11) is -4.22. The zero-order valence-electron chi connectivity index (χ0n) is 8.82. The van der Waals surface area contributed by atoms with Gasteiger partial charge in [-0.25, -0.2) is 0 Å².